The molecule has 0 aliphatic carbocycles. The van der Waals surface area contributed by atoms with Gasteiger partial charge in [-0.3, -0.25) is 9.69 Å². The number of nitrogens with two attached hydrogens (primary N) is 1. The van der Waals surface area contributed by atoms with Gasteiger partial charge in [-0.2, -0.15) is 0 Å². The molecule has 21 heavy (non-hydrogen) atoms. The Morgan fingerprint density at radius 2 is 2.05 bits per heavy atom. The quantitative estimate of drug-likeness (QED) is 0.830. The van der Waals surface area contributed by atoms with E-state index >= 15 is 0 Å². The minimum atomic E-state index is 0. The number of amides is 1. The Balaban J connectivity index is 0.00000220. The summed E-state index contributed by atoms with van der Waals surface area (Å²) in [6.45, 7) is 2.15. The van der Waals surface area contributed by atoms with Crippen molar-refractivity contribution < 1.29 is 4.79 Å². The summed E-state index contributed by atoms with van der Waals surface area (Å²) in [5, 5.41) is 2.95. The zero-order chi connectivity index (χ0) is 14.4. The first-order valence-corrected chi connectivity index (χ1v) is 7.98. The second-order valence-corrected chi connectivity index (χ2v) is 6.17. The molecule has 2 rings (SSSR count). The molecule has 1 unspecified atom stereocenters. The number of hydrogen-bond donors (Lipinski definition) is 2. The predicted molar refractivity (Wildman–Crippen MR) is 92.9 cm³/mol. The van der Waals surface area contributed by atoms with Gasteiger partial charge in [-0.1, -0.05) is 22.4 Å². The van der Waals surface area contributed by atoms with Crippen molar-refractivity contribution in [3.8, 4) is 0 Å². The van der Waals surface area contributed by atoms with Crippen LogP contribution < -0.4 is 11.1 Å². The van der Waals surface area contributed by atoms with Gasteiger partial charge in [0.2, 0.25) is 5.91 Å². The number of carbonyl (C=O) groups is 1. The highest BCUT2D eigenvalue weighted by Gasteiger charge is 2.23. The van der Waals surface area contributed by atoms with Gasteiger partial charge in [-0.25, -0.2) is 0 Å². The topological polar surface area (TPSA) is 58.4 Å². The lowest BCUT2D eigenvalue weighted by molar-refractivity contribution is -0.118. The number of hydrogen-bond acceptors (Lipinski definition) is 3. The van der Waals surface area contributed by atoms with E-state index in [1.54, 1.807) is 0 Å². The van der Waals surface area contributed by atoms with Crippen LogP contribution in [0.1, 0.15) is 25.7 Å². The van der Waals surface area contributed by atoms with Crippen molar-refractivity contribution in [3.05, 3.63) is 28.7 Å². The van der Waals surface area contributed by atoms with Gasteiger partial charge in [0, 0.05) is 16.2 Å². The third-order valence-corrected chi connectivity index (χ3v) is 4.25. The number of piperidine rings is 1. The number of carbonyl (C=O) groups excluding carboxylic acids is 1. The van der Waals surface area contributed by atoms with Crippen molar-refractivity contribution in [1.82, 2.24) is 4.90 Å². The van der Waals surface area contributed by atoms with Crippen LogP contribution in [0.5, 0.6) is 0 Å². The lowest BCUT2D eigenvalue weighted by atomic mass is 9.99. The molecule has 0 saturated carbocycles. The van der Waals surface area contributed by atoms with Crippen LogP contribution in [0, 0.1) is 0 Å². The summed E-state index contributed by atoms with van der Waals surface area (Å²) in [6.07, 6.45) is 4.55. The Kier molecular flexibility index (Phi) is 8.26. The monoisotopic (exact) mass is 375 g/mol. The molecule has 6 heteroatoms. The molecule has 0 radical (unpaired) electrons. The lowest BCUT2D eigenvalue weighted by Crippen LogP contribution is -2.44. The number of nitrogens with zero attached hydrogens (tertiary/aromatic N) is 1. The number of rotatable bonds is 5. The van der Waals surface area contributed by atoms with Crippen LogP contribution >= 0.6 is 28.3 Å². The maximum Gasteiger partial charge on any atom is 0.238 e. The number of anilines is 1. The fraction of sp³-hybridized carbons (Fsp3) is 0.533. The van der Waals surface area contributed by atoms with Crippen LogP contribution in [0.25, 0.3) is 0 Å². The molecule has 0 aromatic heterocycles. The van der Waals surface area contributed by atoms with E-state index in [1.807, 2.05) is 24.3 Å². The Labute approximate surface area is 141 Å². The summed E-state index contributed by atoms with van der Waals surface area (Å²) in [6, 6.07) is 8.11. The van der Waals surface area contributed by atoms with Gasteiger partial charge in [0.05, 0.1) is 6.54 Å². The number of likely N-dealkylation sites (tertiary alicyclic amines) is 1. The van der Waals surface area contributed by atoms with Crippen LogP contribution in [0.3, 0.4) is 0 Å². The van der Waals surface area contributed by atoms with Crippen LogP contribution in [0.15, 0.2) is 28.7 Å². The van der Waals surface area contributed by atoms with Gasteiger partial charge in [0.25, 0.3) is 0 Å². The van der Waals surface area contributed by atoms with E-state index in [1.165, 1.54) is 12.8 Å². The first kappa shape index (κ1) is 18.4. The summed E-state index contributed by atoms with van der Waals surface area (Å²) in [5.41, 5.74) is 6.50. The van der Waals surface area contributed by atoms with E-state index in [9.17, 15) is 4.79 Å². The highest BCUT2D eigenvalue weighted by Crippen LogP contribution is 2.19. The molecule has 1 fully saturated rings. The molecule has 0 bridgehead atoms. The van der Waals surface area contributed by atoms with Gasteiger partial charge in [0.15, 0.2) is 0 Å². The second kappa shape index (κ2) is 9.41. The normalized spacial score (nSPS) is 18.9. The molecule has 1 aromatic rings. The molecule has 1 heterocycles. The van der Waals surface area contributed by atoms with Crippen molar-refractivity contribution in [2.75, 3.05) is 25.0 Å². The van der Waals surface area contributed by atoms with Gasteiger partial charge in [0.1, 0.15) is 0 Å². The SMILES string of the molecule is Cl.NCCC1CCCCN1CC(=O)Nc1ccc(Br)cc1. The summed E-state index contributed by atoms with van der Waals surface area (Å²) in [5.74, 6) is 0.0521. The smallest absolute Gasteiger partial charge is 0.238 e. The average Bonchev–Trinajstić information content (AvgIpc) is 2.44. The summed E-state index contributed by atoms with van der Waals surface area (Å²) < 4.78 is 1.01. The number of halogens is 2. The molecule has 1 saturated heterocycles. The Morgan fingerprint density at radius 1 is 1.33 bits per heavy atom. The number of benzene rings is 1. The molecule has 1 aliphatic heterocycles. The molecule has 1 amide bonds. The fourth-order valence-electron chi connectivity index (χ4n) is 2.71. The van der Waals surface area contributed by atoms with Gasteiger partial charge < -0.3 is 11.1 Å². The van der Waals surface area contributed by atoms with Crippen molar-refractivity contribution >= 4 is 39.9 Å². The third kappa shape index (κ3) is 5.94. The molecular formula is C15H23BrClN3O. The largest absolute Gasteiger partial charge is 0.330 e. The van der Waals surface area contributed by atoms with Crippen LogP contribution in [-0.2, 0) is 4.79 Å². The van der Waals surface area contributed by atoms with Crippen LogP contribution in [0.4, 0.5) is 5.69 Å². The molecule has 1 atom stereocenters. The molecule has 0 spiro atoms. The molecule has 1 aliphatic rings. The summed E-state index contributed by atoms with van der Waals surface area (Å²) in [4.78, 5) is 14.4. The van der Waals surface area contributed by atoms with E-state index < -0.39 is 0 Å². The Bertz CT molecular complexity index is 439. The minimum Gasteiger partial charge on any atom is -0.330 e. The molecule has 118 valence electrons. The van der Waals surface area contributed by atoms with Crippen molar-refractivity contribution in [1.29, 1.82) is 0 Å². The van der Waals surface area contributed by atoms with Gasteiger partial charge in [-0.05, 0) is 56.6 Å². The Morgan fingerprint density at radius 3 is 2.71 bits per heavy atom. The average molecular weight is 377 g/mol. The van der Waals surface area contributed by atoms with Crippen LogP contribution in [-0.4, -0.2) is 36.5 Å². The standard InChI is InChI=1S/C15H22BrN3O.ClH/c16-12-4-6-13(7-5-12)18-15(20)11-19-10-2-1-3-14(19)8-9-17;/h4-7,14H,1-3,8-11,17H2,(H,18,20);1H. The zero-order valence-electron chi connectivity index (χ0n) is 12.1. The van der Waals surface area contributed by atoms with E-state index in [0.29, 0.717) is 19.1 Å². The van der Waals surface area contributed by atoms with Crippen molar-refractivity contribution in [2.24, 2.45) is 5.73 Å². The first-order chi connectivity index (χ1) is 9.69. The zero-order valence-corrected chi connectivity index (χ0v) is 14.5. The molecule has 4 nitrogen and oxygen atoms in total. The van der Waals surface area contributed by atoms with Gasteiger partial charge in [-0.15, -0.1) is 12.4 Å². The third-order valence-electron chi connectivity index (χ3n) is 3.72. The van der Waals surface area contributed by atoms with E-state index in [4.69, 9.17) is 5.73 Å². The van der Waals surface area contributed by atoms with Crippen molar-refractivity contribution in [2.45, 2.75) is 31.7 Å². The van der Waals surface area contributed by atoms with Gasteiger partial charge >= 0.3 is 0 Å². The van der Waals surface area contributed by atoms with E-state index in [2.05, 4.69) is 26.1 Å². The Hall–Kier alpha value is -0.620. The minimum absolute atomic E-state index is 0. The van der Waals surface area contributed by atoms with E-state index in [-0.39, 0.29) is 18.3 Å². The highest BCUT2D eigenvalue weighted by molar-refractivity contribution is 9.10. The summed E-state index contributed by atoms with van der Waals surface area (Å²) >= 11 is 3.38. The van der Waals surface area contributed by atoms with Crippen molar-refractivity contribution in [3.63, 3.8) is 0 Å². The first-order valence-electron chi connectivity index (χ1n) is 7.18. The predicted octanol–water partition coefficient (Wildman–Crippen LogP) is 3.01. The summed E-state index contributed by atoms with van der Waals surface area (Å²) in [7, 11) is 0. The van der Waals surface area contributed by atoms with Crippen LogP contribution in [0.2, 0.25) is 0 Å². The molecule has 3 N–H and O–H groups in total. The fourth-order valence-corrected chi connectivity index (χ4v) is 2.97. The lowest BCUT2D eigenvalue weighted by Gasteiger charge is -2.35. The van der Waals surface area contributed by atoms with E-state index in [0.717, 1.165) is 29.5 Å². The maximum atomic E-state index is 12.1. The highest BCUT2D eigenvalue weighted by atomic mass is 79.9. The maximum absolute atomic E-state index is 12.1. The molecule has 1 aromatic carbocycles. The number of nitrogens with one attached hydrogen (secondary N) is 1. The second-order valence-electron chi connectivity index (χ2n) is 5.25. The molecular weight excluding hydrogens is 354 g/mol.